The Morgan fingerprint density at radius 2 is 2.05 bits per heavy atom. The summed E-state index contributed by atoms with van der Waals surface area (Å²) in [5.41, 5.74) is 7.55. The van der Waals surface area contributed by atoms with Crippen LogP contribution in [-0.4, -0.2) is 10.2 Å². The molecule has 0 saturated heterocycles. The third-order valence-corrected chi connectivity index (χ3v) is 6.12. The monoisotopic (exact) mass is 293 g/mol. The van der Waals surface area contributed by atoms with Crippen LogP contribution in [0.4, 0.5) is 0 Å². The number of nitrogens with two attached hydrogens (primary N) is 1. The lowest BCUT2D eigenvalue weighted by molar-refractivity contribution is 0.683. The first-order valence-corrected chi connectivity index (χ1v) is 8.62. The van der Waals surface area contributed by atoms with Crippen molar-refractivity contribution >= 4 is 22.7 Å². The number of nitrogens with zero attached hydrogens (tertiary/aromatic N) is 2. The maximum absolute atomic E-state index is 6.02. The maximum Gasteiger partial charge on any atom is 0.157 e. The predicted molar refractivity (Wildman–Crippen MR) is 81.7 cm³/mol. The van der Waals surface area contributed by atoms with Crippen molar-refractivity contribution in [3.63, 3.8) is 0 Å². The Bertz CT molecular complexity index is 535. The van der Waals surface area contributed by atoms with E-state index in [1.807, 2.05) is 11.3 Å². The average Bonchev–Trinajstić information content (AvgIpc) is 3.01. The van der Waals surface area contributed by atoms with E-state index in [0.717, 1.165) is 16.4 Å². The molecule has 0 radical (unpaired) electrons. The summed E-state index contributed by atoms with van der Waals surface area (Å²) in [5, 5.41) is 10.6. The number of aromatic nitrogens is 2. The molecule has 0 aromatic carbocycles. The molecule has 2 aromatic rings. The minimum atomic E-state index is 0.0315. The minimum absolute atomic E-state index is 0.0315. The van der Waals surface area contributed by atoms with Crippen LogP contribution in [0.25, 0.3) is 9.88 Å². The van der Waals surface area contributed by atoms with Gasteiger partial charge in [-0.2, -0.15) is 0 Å². The van der Waals surface area contributed by atoms with E-state index in [0.29, 0.717) is 0 Å². The zero-order chi connectivity index (χ0) is 13.2. The van der Waals surface area contributed by atoms with E-state index >= 15 is 0 Å². The number of fused-ring (bicyclic) bond motifs is 1. The summed E-state index contributed by atoms with van der Waals surface area (Å²) in [4.78, 5) is 2.84. The van der Waals surface area contributed by atoms with Crippen molar-refractivity contribution in [2.24, 2.45) is 5.73 Å². The largest absolute Gasteiger partial charge is 0.322 e. The molecule has 0 aliphatic heterocycles. The normalized spacial score (nSPS) is 16.9. The molecule has 5 heteroatoms. The third kappa shape index (κ3) is 2.73. The van der Waals surface area contributed by atoms with Crippen molar-refractivity contribution in [1.29, 1.82) is 0 Å². The Morgan fingerprint density at radius 3 is 2.89 bits per heavy atom. The highest BCUT2D eigenvalue weighted by molar-refractivity contribution is 7.21. The van der Waals surface area contributed by atoms with E-state index in [2.05, 4.69) is 23.2 Å². The second-order valence-corrected chi connectivity index (χ2v) is 7.23. The van der Waals surface area contributed by atoms with Gasteiger partial charge < -0.3 is 5.73 Å². The van der Waals surface area contributed by atoms with Crippen LogP contribution in [0.2, 0.25) is 0 Å². The number of hydrogen-bond donors (Lipinski definition) is 1. The third-order valence-electron chi connectivity index (χ3n) is 3.66. The first-order valence-electron chi connectivity index (χ1n) is 6.99. The van der Waals surface area contributed by atoms with Gasteiger partial charge in [0.2, 0.25) is 0 Å². The van der Waals surface area contributed by atoms with Gasteiger partial charge in [0.15, 0.2) is 5.01 Å². The molecular weight excluding hydrogens is 274 g/mol. The minimum Gasteiger partial charge on any atom is -0.322 e. The van der Waals surface area contributed by atoms with Gasteiger partial charge in [-0.25, -0.2) is 0 Å². The lowest BCUT2D eigenvalue weighted by Crippen LogP contribution is -2.07. The van der Waals surface area contributed by atoms with Crippen LogP contribution in [0.3, 0.4) is 0 Å². The summed E-state index contributed by atoms with van der Waals surface area (Å²) < 4.78 is 0. The second-order valence-electron chi connectivity index (χ2n) is 5.08. The van der Waals surface area contributed by atoms with Gasteiger partial charge in [0, 0.05) is 4.88 Å². The Hall–Kier alpha value is -0.780. The van der Waals surface area contributed by atoms with Crippen molar-refractivity contribution < 1.29 is 0 Å². The molecule has 0 spiro atoms. The Labute approximate surface area is 121 Å². The molecular formula is C14H19N3S2. The highest BCUT2D eigenvalue weighted by atomic mass is 32.1. The molecule has 0 bridgehead atoms. The number of thiophene rings is 1. The second kappa shape index (κ2) is 5.69. The van der Waals surface area contributed by atoms with E-state index in [-0.39, 0.29) is 6.04 Å². The first-order chi connectivity index (χ1) is 9.28. The van der Waals surface area contributed by atoms with E-state index in [9.17, 15) is 0 Å². The molecule has 2 heterocycles. The van der Waals surface area contributed by atoms with Crippen molar-refractivity contribution in [3.8, 4) is 9.88 Å². The summed E-state index contributed by atoms with van der Waals surface area (Å²) in [7, 11) is 0. The molecule has 1 aliphatic rings. The van der Waals surface area contributed by atoms with Gasteiger partial charge in [0.25, 0.3) is 0 Å². The first kappa shape index (κ1) is 13.2. The zero-order valence-electron chi connectivity index (χ0n) is 11.2. The van der Waals surface area contributed by atoms with E-state index < -0.39 is 0 Å². The smallest absolute Gasteiger partial charge is 0.157 e. The zero-order valence-corrected chi connectivity index (χ0v) is 12.8. The molecule has 0 amide bonds. The summed E-state index contributed by atoms with van der Waals surface area (Å²) in [6, 6.07) is 2.36. The Morgan fingerprint density at radius 1 is 1.21 bits per heavy atom. The van der Waals surface area contributed by atoms with Crippen molar-refractivity contribution in [2.45, 2.75) is 51.5 Å². The fourth-order valence-electron chi connectivity index (χ4n) is 2.43. The number of rotatable bonds is 3. The van der Waals surface area contributed by atoms with Gasteiger partial charge in [0.05, 0.1) is 10.9 Å². The topological polar surface area (TPSA) is 51.8 Å². The SMILES string of the molecule is CCC(N)c1nnc(-c2cc3c(s2)CCCCC3)s1. The van der Waals surface area contributed by atoms with Gasteiger partial charge >= 0.3 is 0 Å². The quantitative estimate of drug-likeness (QED) is 0.872. The van der Waals surface area contributed by atoms with E-state index in [4.69, 9.17) is 5.73 Å². The molecule has 1 unspecified atom stereocenters. The lowest BCUT2D eigenvalue weighted by Gasteiger charge is -2.00. The molecule has 102 valence electrons. The van der Waals surface area contributed by atoms with Crippen molar-refractivity contribution in [2.75, 3.05) is 0 Å². The molecule has 1 aliphatic carbocycles. The van der Waals surface area contributed by atoms with Crippen molar-refractivity contribution in [3.05, 3.63) is 21.5 Å². The van der Waals surface area contributed by atoms with Crippen LogP contribution >= 0.6 is 22.7 Å². The van der Waals surface area contributed by atoms with Gasteiger partial charge in [0.1, 0.15) is 5.01 Å². The Kier molecular flexibility index (Phi) is 3.96. The molecule has 2 N–H and O–H groups in total. The number of hydrogen-bond acceptors (Lipinski definition) is 5. The highest BCUT2D eigenvalue weighted by Crippen LogP contribution is 2.37. The molecule has 0 fully saturated rings. The molecule has 1 atom stereocenters. The van der Waals surface area contributed by atoms with E-state index in [1.54, 1.807) is 16.2 Å². The molecule has 3 nitrogen and oxygen atoms in total. The van der Waals surface area contributed by atoms with Gasteiger partial charge in [-0.05, 0) is 43.7 Å². The van der Waals surface area contributed by atoms with Crippen LogP contribution in [0.1, 0.15) is 54.1 Å². The number of aryl methyl sites for hydroxylation is 2. The van der Waals surface area contributed by atoms with Gasteiger partial charge in [-0.15, -0.1) is 21.5 Å². The Balaban J connectivity index is 1.88. The van der Waals surface area contributed by atoms with Crippen LogP contribution in [0.15, 0.2) is 6.07 Å². The maximum atomic E-state index is 6.02. The van der Waals surface area contributed by atoms with Crippen molar-refractivity contribution in [1.82, 2.24) is 10.2 Å². The predicted octanol–water partition coefficient (Wildman–Crippen LogP) is 3.95. The molecule has 19 heavy (non-hydrogen) atoms. The van der Waals surface area contributed by atoms with Gasteiger partial charge in [-0.1, -0.05) is 24.7 Å². The molecule has 3 rings (SSSR count). The summed E-state index contributed by atoms with van der Waals surface area (Å²) in [6.45, 7) is 2.08. The van der Waals surface area contributed by atoms with E-state index in [1.165, 1.54) is 42.5 Å². The van der Waals surface area contributed by atoms with Gasteiger partial charge in [-0.3, -0.25) is 0 Å². The molecule has 2 aromatic heterocycles. The van der Waals surface area contributed by atoms with Crippen LogP contribution in [0, 0.1) is 0 Å². The average molecular weight is 293 g/mol. The summed E-state index contributed by atoms with van der Waals surface area (Å²) >= 11 is 3.55. The van der Waals surface area contributed by atoms with Crippen LogP contribution < -0.4 is 5.73 Å². The summed E-state index contributed by atoms with van der Waals surface area (Å²) in [6.07, 6.45) is 7.40. The van der Waals surface area contributed by atoms with Crippen LogP contribution in [0.5, 0.6) is 0 Å². The fourth-order valence-corrected chi connectivity index (χ4v) is 4.65. The summed E-state index contributed by atoms with van der Waals surface area (Å²) in [5.74, 6) is 0. The standard InChI is InChI=1S/C14H19N3S2/c1-2-10(15)13-16-17-14(19-13)12-8-9-6-4-3-5-7-11(9)18-12/h8,10H,2-7,15H2,1H3. The van der Waals surface area contributed by atoms with Crippen LogP contribution in [-0.2, 0) is 12.8 Å². The fraction of sp³-hybridized carbons (Fsp3) is 0.571. The highest BCUT2D eigenvalue weighted by Gasteiger charge is 2.17. The lowest BCUT2D eigenvalue weighted by atomic mass is 10.1. The molecule has 0 saturated carbocycles.